The molecule has 7 nitrogen and oxygen atoms in total. The zero-order valence-electron chi connectivity index (χ0n) is 18.3. The molecule has 7 heteroatoms. The number of ether oxygens (including phenoxy) is 1. The summed E-state index contributed by atoms with van der Waals surface area (Å²) in [7, 11) is 0. The van der Waals surface area contributed by atoms with Gasteiger partial charge in [-0.2, -0.15) is 0 Å². The van der Waals surface area contributed by atoms with Crippen LogP contribution in [0.15, 0.2) is 25.3 Å². The van der Waals surface area contributed by atoms with E-state index in [0.717, 1.165) is 44.9 Å². The van der Waals surface area contributed by atoms with Crippen LogP contribution in [0.2, 0.25) is 0 Å². The number of amides is 2. The van der Waals surface area contributed by atoms with Gasteiger partial charge in [0, 0.05) is 12.8 Å². The Morgan fingerprint density at radius 2 is 1.87 bits per heavy atom. The summed E-state index contributed by atoms with van der Waals surface area (Å²) in [5, 5.41) is 15.3. The molecule has 1 rings (SSSR count). The van der Waals surface area contributed by atoms with Gasteiger partial charge in [0.25, 0.3) is 0 Å². The molecule has 1 fully saturated rings. The van der Waals surface area contributed by atoms with Gasteiger partial charge < -0.3 is 20.5 Å². The molecule has 170 valence electrons. The lowest BCUT2D eigenvalue weighted by atomic mass is 9.95. The average molecular weight is 423 g/mol. The first-order chi connectivity index (χ1) is 14.4. The molecule has 0 unspecified atom stereocenters. The summed E-state index contributed by atoms with van der Waals surface area (Å²) in [6.07, 6.45) is 9.69. The fourth-order valence-electron chi connectivity index (χ4n) is 3.70. The molecule has 0 aromatic heterocycles. The van der Waals surface area contributed by atoms with Gasteiger partial charge in [0.1, 0.15) is 6.10 Å². The van der Waals surface area contributed by atoms with Crippen molar-refractivity contribution >= 4 is 17.8 Å². The molecule has 0 aromatic rings. The van der Waals surface area contributed by atoms with Crippen LogP contribution in [0.3, 0.4) is 0 Å². The highest BCUT2D eigenvalue weighted by molar-refractivity contribution is 5.86. The van der Waals surface area contributed by atoms with Crippen LogP contribution in [0, 0.1) is 5.92 Å². The minimum atomic E-state index is -0.555. The van der Waals surface area contributed by atoms with Crippen LogP contribution in [0.4, 0.5) is 0 Å². The van der Waals surface area contributed by atoms with Crippen LogP contribution >= 0.6 is 0 Å². The van der Waals surface area contributed by atoms with Crippen molar-refractivity contribution in [2.24, 2.45) is 5.92 Å². The first kappa shape index (κ1) is 25.9. The SMILES string of the molecule is C=CCCCCC(=O)O[C@@H](C)CNC(=O)[C@H](CC=C)CC(=O)NC1(CO)CCCC1. The average Bonchev–Trinajstić information content (AvgIpc) is 3.18. The maximum Gasteiger partial charge on any atom is 0.306 e. The fraction of sp³-hybridized carbons (Fsp3) is 0.696. The van der Waals surface area contributed by atoms with E-state index in [0.29, 0.717) is 12.8 Å². The molecular formula is C23H38N2O5. The van der Waals surface area contributed by atoms with Crippen molar-refractivity contribution in [3.05, 3.63) is 25.3 Å². The molecule has 1 aliphatic rings. The number of rotatable bonds is 15. The van der Waals surface area contributed by atoms with Gasteiger partial charge in [0.05, 0.1) is 24.6 Å². The van der Waals surface area contributed by atoms with Crippen molar-refractivity contribution in [2.75, 3.05) is 13.2 Å². The van der Waals surface area contributed by atoms with Crippen LogP contribution in [-0.2, 0) is 19.1 Å². The minimum absolute atomic E-state index is 0.0249. The second-order valence-corrected chi connectivity index (χ2v) is 8.20. The molecule has 30 heavy (non-hydrogen) atoms. The summed E-state index contributed by atoms with van der Waals surface area (Å²) >= 11 is 0. The van der Waals surface area contributed by atoms with Crippen LogP contribution < -0.4 is 10.6 Å². The Bertz CT molecular complexity index is 584. The highest BCUT2D eigenvalue weighted by Gasteiger charge is 2.35. The van der Waals surface area contributed by atoms with Gasteiger partial charge in [0.2, 0.25) is 11.8 Å². The van der Waals surface area contributed by atoms with E-state index in [2.05, 4.69) is 23.8 Å². The lowest BCUT2D eigenvalue weighted by Crippen LogP contribution is -2.50. The van der Waals surface area contributed by atoms with Gasteiger partial charge in [-0.3, -0.25) is 14.4 Å². The Morgan fingerprint density at radius 3 is 2.47 bits per heavy atom. The second-order valence-electron chi connectivity index (χ2n) is 8.20. The van der Waals surface area contributed by atoms with Crippen molar-refractivity contribution in [2.45, 2.75) is 82.8 Å². The fourth-order valence-corrected chi connectivity index (χ4v) is 3.70. The maximum absolute atomic E-state index is 12.6. The number of aliphatic hydroxyl groups excluding tert-OH is 1. The van der Waals surface area contributed by atoms with E-state index < -0.39 is 17.6 Å². The number of hydrogen-bond acceptors (Lipinski definition) is 5. The van der Waals surface area contributed by atoms with E-state index in [1.807, 2.05) is 6.08 Å². The highest BCUT2D eigenvalue weighted by atomic mass is 16.5. The Balaban J connectivity index is 2.43. The molecular weight excluding hydrogens is 384 g/mol. The van der Waals surface area contributed by atoms with Gasteiger partial charge in [0.15, 0.2) is 0 Å². The highest BCUT2D eigenvalue weighted by Crippen LogP contribution is 2.29. The van der Waals surface area contributed by atoms with Crippen molar-refractivity contribution in [3.8, 4) is 0 Å². The summed E-state index contributed by atoms with van der Waals surface area (Å²) in [4.78, 5) is 36.8. The normalized spacial score (nSPS) is 16.9. The number of hydrogen-bond donors (Lipinski definition) is 3. The van der Waals surface area contributed by atoms with Crippen LogP contribution in [0.25, 0.3) is 0 Å². The first-order valence-corrected chi connectivity index (χ1v) is 11.0. The maximum atomic E-state index is 12.6. The number of aliphatic hydroxyl groups is 1. The van der Waals surface area contributed by atoms with E-state index in [-0.39, 0.29) is 37.4 Å². The Kier molecular flexibility index (Phi) is 12.0. The van der Waals surface area contributed by atoms with E-state index in [9.17, 15) is 19.5 Å². The van der Waals surface area contributed by atoms with Crippen LogP contribution in [0.1, 0.15) is 71.1 Å². The number of nitrogens with one attached hydrogen (secondary N) is 2. The summed E-state index contributed by atoms with van der Waals surface area (Å²) < 4.78 is 5.31. The standard InChI is InChI=1S/C23H38N2O5/c1-4-6-7-8-12-21(28)30-18(3)16-24-22(29)19(11-5-2)15-20(27)25-23(17-26)13-9-10-14-23/h4-5,18-19,26H,1-2,6-17H2,3H3,(H,24,29)(H,25,27)/t18-,19+/m0/s1. The number of carbonyl (C=O) groups excluding carboxylic acids is 3. The third-order valence-electron chi connectivity index (χ3n) is 5.46. The number of carbonyl (C=O) groups is 3. The Hall–Kier alpha value is -2.15. The monoisotopic (exact) mass is 422 g/mol. The molecule has 1 saturated carbocycles. The number of unbranched alkanes of at least 4 members (excludes halogenated alkanes) is 2. The molecule has 0 aliphatic heterocycles. The van der Waals surface area contributed by atoms with Gasteiger partial charge in [-0.05, 0) is 45.4 Å². The van der Waals surface area contributed by atoms with Gasteiger partial charge in [-0.1, -0.05) is 25.0 Å². The predicted octanol–water partition coefficient (Wildman–Crippen LogP) is 2.78. The number of esters is 1. The van der Waals surface area contributed by atoms with E-state index >= 15 is 0 Å². The molecule has 1 aliphatic carbocycles. The molecule has 0 aromatic carbocycles. The molecule has 2 amide bonds. The van der Waals surface area contributed by atoms with E-state index in [1.165, 1.54) is 0 Å². The van der Waals surface area contributed by atoms with Gasteiger partial charge >= 0.3 is 5.97 Å². The van der Waals surface area contributed by atoms with Crippen molar-refractivity contribution in [1.29, 1.82) is 0 Å². The van der Waals surface area contributed by atoms with E-state index in [4.69, 9.17) is 4.74 Å². The van der Waals surface area contributed by atoms with E-state index in [1.54, 1.807) is 13.0 Å². The van der Waals surface area contributed by atoms with Crippen molar-refractivity contribution in [3.63, 3.8) is 0 Å². The lowest BCUT2D eigenvalue weighted by molar-refractivity contribution is -0.148. The minimum Gasteiger partial charge on any atom is -0.461 e. The van der Waals surface area contributed by atoms with Gasteiger partial charge in [-0.15, -0.1) is 13.2 Å². The topological polar surface area (TPSA) is 105 Å². The zero-order valence-corrected chi connectivity index (χ0v) is 18.3. The third-order valence-corrected chi connectivity index (χ3v) is 5.46. The molecule has 0 heterocycles. The summed E-state index contributed by atoms with van der Waals surface area (Å²) in [5.41, 5.74) is -0.555. The first-order valence-electron chi connectivity index (χ1n) is 11.0. The zero-order chi connectivity index (χ0) is 22.4. The summed E-state index contributed by atoms with van der Waals surface area (Å²) in [6, 6.07) is 0. The smallest absolute Gasteiger partial charge is 0.306 e. The predicted molar refractivity (Wildman–Crippen MR) is 117 cm³/mol. The van der Waals surface area contributed by atoms with Crippen LogP contribution in [-0.4, -0.2) is 47.7 Å². The lowest BCUT2D eigenvalue weighted by Gasteiger charge is -2.28. The molecule has 0 radical (unpaired) electrons. The molecule has 2 atom stereocenters. The quantitative estimate of drug-likeness (QED) is 0.214. The molecule has 3 N–H and O–H groups in total. The third kappa shape index (κ3) is 9.57. The summed E-state index contributed by atoms with van der Waals surface area (Å²) in [5.74, 6) is -1.36. The Labute approximate surface area is 180 Å². The van der Waals surface area contributed by atoms with Crippen molar-refractivity contribution in [1.82, 2.24) is 10.6 Å². The Morgan fingerprint density at radius 1 is 1.17 bits per heavy atom. The summed E-state index contributed by atoms with van der Waals surface area (Å²) in [6.45, 7) is 9.14. The van der Waals surface area contributed by atoms with Gasteiger partial charge in [-0.25, -0.2) is 0 Å². The molecule has 0 saturated heterocycles. The largest absolute Gasteiger partial charge is 0.461 e. The number of allylic oxidation sites excluding steroid dienone is 2. The molecule has 0 bridgehead atoms. The molecule has 0 spiro atoms. The second kappa shape index (κ2) is 14.0. The van der Waals surface area contributed by atoms with Crippen molar-refractivity contribution < 1.29 is 24.2 Å². The van der Waals surface area contributed by atoms with Crippen LogP contribution in [0.5, 0.6) is 0 Å².